The van der Waals surface area contributed by atoms with Gasteiger partial charge < -0.3 is 5.11 Å². The fourth-order valence-corrected chi connectivity index (χ4v) is 1.88. The summed E-state index contributed by atoms with van der Waals surface area (Å²) in [5.74, 6) is -0.436. The molecule has 0 spiro atoms. The monoisotopic (exact) mass is 232 g/mol. The van der Waals surface area contributed by atoms with Gasteiger partial charge in [0.05, 0.1) is 0 Å². The van der Waals surface area contributed by atoms with Crippen LogP contribution in [0.1, 0.15) is 31.1 Å². The number of nitrogens with zero attached hydrogens (tertiary/aromatic N) is 2. The number of carbonyl (C=O) groups excluding carboxylic acids is 1. The van der Waals surface area contributed by atoms with E-state index in [1.165, 1.54) is 5.01 Å². The summed E-state index contributed by atoms with van der Waals surface area (Å²) < 4.78 is 0. The van der Waals surface area contributed by atoms with E-state index in [0.29, 0.717) is 5.56 Å². The van der Waals surface area contributed by atoms with Crippen molar-refractivity contribution in [3.05, 3.63) is 35.9 Å². The summed E-state index contributed by atoms with van der Waals surface area (Å²) in [7, 11) is 0. The quantitative estimate of drug-likeness (QED) is 0.803. The molecule has 0 fully saturated rings. The van der Waals surface area contributed by atoms with Crippen LogP contribution in [0, 0.1) is 5.92 Å². The SMILES string of the molecule is CC1=NN(C(=O)c2ccccc2)[C@@](C)(O)[C@@H]1C. The summed E-state index contributed by atoms with van der Waals surface area (Å²) >= 11 is 0. The van der Waals surface area contributed by atoms with Crippen molar-refractivity contribution >= 4 is 11.6 Å². The van der Waals surface area contributed by atoms with Gasteiger partial charge in [0.15, 0.2) is 5.72 Å². The molecule has 1 aromatic carbocycles. The minimum Gasteiger partial charge on any atom is -0.369 e. The molecular weight excluding hydrogens is 216 g/mol. The number of benzene rings is 1. The minimum absolute atomic E-state index is 0.157. The summed E-state index contributed by atoms with van der Waals surface area (Å²) in [6.45, 7) is 5.28. The molecule has 2 atom stereocenters. The lowest BCUT2D eigenvalue weighted by Crippen LogP contribution is -2.47. The lowest BCUT2D eigenvalue weighted by Gasteiger charge is -2.30. The molecule has 1 aromatic rings. The van der Waals surface area contributed by atoms with Crippen molar-refractivity contribution in [2.45, 2.75) is 26.5 Å². The van der Waals surface area contributed by atoms with Crippen molar-refractivity contribution in [2.75, 3.05) is 0 Å². The van der Waals surface area contributed by atoms with Crippen molar-refractivity contribution in [2.24, 2.45) is 11.0 Å². The highest BCUT2D eigenvalue weighted by Gasteiger charge is 2.45. The van der Waals surface area contributed by atoms with Gasteiger partial charge in [0.1, 0.15) is 0 Å². The van der Waals surface area contributed by atoms with Gasteiger partial charge in [-0.2, -0.15) is 10.1 Å². The molecule has 17 heavy (non-hydrogen) atoms. The second kappa shape index (κ2) is 3.96. The van der Waals surface area contributed by atoms with E-state index in [9.17, 15) is 9.90 Å². The Morgan fingerprint density at radius 2 is 2.00 bits per heavy atom. The van der Waals surface area contributed by atoms with Crippen molar-refractivity contribution in [3.63, 3.8) is 0 Å². The Kier molecular flexibility index (Phi) is 2.75. The number of amides is 1. The Balaban J connectivity index is 2.34. The zero-order chi connectivity index (χ0) is 12.6. The van der Waals surface area contributed by atoms with Gasteiger partial charge in [0, 0.05) is 17.2 Å². The van der Waals surface area contributed by atoms with Crippen LogP contribution in [-0.2, 0) is 0 Å². The standard InChI is InChI=1S/C13H16N2O2/c1-9-10(2)14-15(13(9,3)17)12(16)11-7-5-4-6-8-11/h4-9,17H,1-3H3/t9-,13+/m1/s1. The molecule has 90 valence electrons. The Hall–Kier alpha value is -1.68. The van der Waals surface area contributed by atoms with E-state index in [1.54, 1.807) is 31.2 Å². The molecule has 0 bridgehead atoms. The van der Waals surface area contributed by atoms with E-state index in [1.807, 2.05) is 19.9 Å². The van der Waals surface area contributed by atoms with Gasteiger partial charge in [-0.3, -0.25) is 4.79 Å². The molecule has 1 aliphatic heterocycles. The molecule has 2 rings (SSSR count). The Bertz CT molecular complexity index is 466. The predicted octanol–water partition coefficient (Wildman–Crippen LogP) is 1.86. The van der Waals surface area contributed by atoms with Crippen LogP contribution < -0.4 is 0 Å². The molecule has 0 aliphatic carbocycles. The van der Waals surface area contributed by atoms with E-state index < -0.39 is 5.72 Å². The van der Waals surface area contributed by atoms with Crippen LogP contribution in [0.2, 0.25) is 0 Å². The first kappa shape index (κ1) is 11.8. The molecule has 1 aliphatic rings. The van der Waals surface area contributed by atoms with Gasteiger partial charge >= 0.3 is 0 Å². The van der Waals surface area contributed by atoms with Crippen LogP contribution in [0.4, 0.5) is 0 Å². The van der Waals surface area contributed by atoms with Crippen molar-refractivity contribution in [1.29, 1.82) is 0 Å². The number of carbonyl (C=O) groups is 1. The minimum atomic E-state index is -1.25. The molecule has 0 saturated carbocycles. The van der Waals surface area contributed by atoms with Crippen molar-refractivity contribution in [3.8, 4) is 0 Å². The molecule has 1 amide bonds. The van der Waals surface area contributed by atoms with Gasteiger partial charge in [0.25, 0.3) is 5.91 Å². The second-order valence-electron chi connectivity index (χ2n) is 4.54. The maximum absolute atomic E-state index is 12.2. The molecule has 4 nitrogen and oxygen atoms in total. The maximum Gasteiger partial charge on any atom is 0.276 e. The molecule has 1 heterocycles. The summed E-state index contributed by atoms with van der Waals surface area (Å²) in [4.78, 5) is 12.2. The molecule has 0 aromatic heterocycles. The lowest BCUT2D eigenvalue weighted by molar-refractivity contribution is -0.0787. The number of hydrogen-bond acceptors (Lipinski definition) is 3. The average molecular weight is 232 g/mol. The van der Waals surface area contributed by atoms with Gasteiger partial charge in [-0.15, -0.1) is 0 Å². The predicted molar refractivity (Wildman–Crippen MR) is 65.5 cm³/mol. The number of aliphatic hydroxyl groups is 1. The van der Waals surface area contributed by atoms with Crippen molar-refractivity contribution in [1.82, 2.24) is 5.01 Å². The van der Waals surface area contributed by atoms with Crippen LogP contribution in [0.5, 0.6) is 0 Å². The third-order valence-corrected chi connectivity index (χ3v) is 3.35. The van der Waals surface area contributed by atoms with Gasteiger partial charge in [-0.1, -0.05) is 25.1 Å². The smallest absolute Gasteiger partial charge is 0.276 e. The van der Waals surface area contributed by atoms with E-state index in [2.05, 4.69) is 5.10 Å². The van der Waals surface area contributed by atoms with Gasteiger partial charge in [0.2, 0.25) is 0 Å². The average Bonchev–Trinajstić information content (AvgIpc) is 2.53. The number of hydrazone groups is 1. The first-order valence-corrected chi connectivity index (χ1v) is 5.61. The van der Waals surface area contributed by atoms with E-state index in [-0.39, 0.29) is 11.8 Å². The first-order valence-electron chi connectivity index (χ1n) is 5.61. The highest BCUT2D eigenvalue weighted by Crippen LogP contribution is 2.31. The fraction of sp³-hybridized carbons (Fsp3) is 0.385. The van der Waals surface area contributed by atoms with Gasteiger partial charge in [-0.25, -0.2) is 0 Å². The van der Waals surface area contributed by atoms with Crippen LogP contribution in [0.3, 0.4) is 0 Å². The first-order chi connectivity index (χ1) is 7.94. The summed E-state index contributed by atoms with van der Waals surface area (Å²) in [6.07, 6.45) is 0. The normalized spacial score (nSPS) is 28.1. The molecule has 1 N–H and O–H groups in total. The Morgan fingerprint density at radius 1 is 1.41 bits per heavy atom. The molecule has 0 radical (unpaired) electrons. The van der Waals surface area contributed by atoms with Crippen molar-refractivity contribution < 1.29 is 9.90 Å². The molecule has 4 heteroatoms. The zero-order valence-electron chi connectivity index (χ0n) is 10.2. The Morgan fingerprint density at radius 3 is 2.47 bits per heavy atom. The fourth-order valence-electron chi connectivity index (χ4n) is 1.88. The van der Waals surface area contributed by atoms with Gasteiger partial charge in [-0.05, 0) is 26.0 Å². The molecular formula is C13H16N2O2. The molecule has 0 unspecified atom stereocenters. The number of hydrogen-bond donors (Lipinski definition) is 1. The highest BCUT2D eigenvalue weighted by molar-refractivity contribution is 5.98. The van der Waals surface area contributed by atoms with Crippen LogP contribution in [-0.4, -0.2) is 27.5 Å². The zero-order valence-corrected chi connectivity index (χ0v) is 10.2. The third kappa shape index (κ3) is 1.85. The van der Waals surface area contributed by atoms with E-state index in [4.69, 9.17) is 0 Å². The lowest BCUT2D eigenvalue weighted by atomic mass is 9.96. The Labute approximate surface area is 101 Å². The van der Waals surface area contributed by atoms with Crippen LogP contribution in [0.15, 0.2) is 35.4 Å². The summed E-state index contributed by atoms with van der Waals surface area (Å²) in [5, 5.41) is 15.6. The van der Waals surface area contributed by atoms with E-state index in [0.717, 1.165) is 5.71 Å². The van der Waals surface area contributed by atoms with Crippen LogP contribution in [0.25, 0.3) is 0 Å². The highest BCUT2D eigenvalue weighted by atomic mass is 16.3. The largest absolute Gasteiger partial charge is 0.369 e. The second-order valence-corrected chi connectivity index (χ2v) is 4.54. The summed E-state index contributed by atoms with van der Waals surface area (Å²) in [5.41, 5.74) is 0.0366. The third-order valence-electron chi connectivity index (χ3n) is 3.35. The van der Waals surface area contributed by atoms with E-state index >= 15 is 0 Å². The van der Waals surface area contributed by atoms with Crippen LogP contribution >= 0.6 is 0 Å². The molecule has 0 saturated heterocycles. The summed E-state index contributed by atoms with van der Waals surface area (Å²) in [6, 6.07) is 8.85. The number of rotatable bonds is 1. The maximum atomic E-state index is 12.2. The topological polar surface area (TPSA) is 52.9 Å².